The highest BCUT2D eigenvalue weighted by atomic mass is 16.5. The summed E-state index contributed by atoms with van der Waals surface area (Å²) < 4.78 is 7.06. The summed E-state index contributed by atoms with van der Waals surface area (Å²) in [6.45, 7) is 5.72. The molecule has 1 amide bonds. The lowest BCUT2D eigenvalue weighted by Gasteiger charge is -2.26. The molecule has 0 spiro atoms. The maximum atomic E-state index is 13.0. The van der Waals surface area contributed by atoms with Crippen molar-refractivity contribution < 1.29 is 9.32 Å². The van der Waals surface area contributed by atoms with E-state index in [0.29, 0.717) is 11.7 Å². The minimum atomic E-state index is -0.522. The largest absolute Gasteiger partial charge is 0.343 e. The highest BCUT2D eigenvalue weighted by Crippen LogP contribution is 2.37. The molecule has 1 aromatic carbocycles. The first-order valence-corrected chi connectivity index (χ1v) is 9.71. The molecule has 7 heteroatoms. The van der Waals surface area contributed by atoms with Crippen LogP contribution in [0.5, 0.6) is 0 Å². The Morgan fingerprint density at radius 1 is 1.18 bits per heavy atom. The molecule has 0 radical (unpaired) electrons. The van der Waals surface area contributed by atoms with Gasteiger partial charge in [-0.1, -0.05) is 36.2 Å². The van der Waals surface area contributed by atoms with Crippen LogP contribution in [-0.4, -0.2) is 25.8 Å². The Morgan fingerprint density at radius 2 is 1.89 bits per heavy atom. The molecular weight excluding hydrogens is 354 g/mol. The minimum absolute atomic E-state index is 0.0387. The monoisotopic (exact) mass is 379 g/mol. The lowest BCUT2D eigenvalue weighted by Crippen LogP contribution is -2.45. The molecule has 0 unspecified atom stereocenters. The SMILES string of the molecule is Cc1nc(C2(NC(=O)Cc3c(C)nn(-c4ccccc4)c3C)CCCC2)no1. The van der Waals surface area contributed by atoms with E-state index in [1.165, 1.54) is 0 Å². The Balaban J connectivity index is 1.56. The second-order valence-corrected chi connectivity index (χ2v) is 7.55. The molecule has 0 bridgehead atoms. The Labute approximate surface area is 164 Å². The van der Waals surface area contributed by atoms with Gasteiger partial charge in [0.1, 0.15) is 5.54 Å². The number of rotatable bonds is 5. The predicted octanol–water partition coefficient (Wildman–Crippen LogP) is 3.31. The van der Waals surface area contributed by atoms with Crippen molar-refractivity contribution >= 4 is 5.91 Å². The van der Waals surface area contributed by atoms with Gasteiger partial charge in [-0.25, -0.2) is 4.68 Å². The van der Waals surface area contributed by atoms with E-state index in [1.54, 1.807) is 6.92 Å². The van der Waals surface area contributed by atoms with Crippen LogP contribution >= 0.6 is 0 Å². The van der Waals surface area contributed by atoms with Gasteiger partial charge in [0, 0.05) is 18.2 Å². The molecule has 1 fully saturated rings. The standard InChI is InChI=1S/C21H25N5O2/c1-14-18(15(2)26(24-14)17-9-5-4-6-10-17)13-19(27)23-21(11-7-8-12-21)20-22-16(3)28-25-20/h4-6,9-10H,7-8,11-13H2,1-3H3,(H,23,27). The molecule has 1 aliphatic rings. The number of carbonyl (C=O) groups is 1. The van der Waals surface area contributed by atoms with Crippen molar-refractivity contribution in [3.05, 3.63) is 59.0 Å². The topological polar surface area (TPSA) is 85.8 Å². The van der Waals surface area contributed by atoms with Gasteiger partial charge in [-0.15, -0.1) is 0 Å². The lowest BCUT2D eigenvalue weighted by molar-refractivity contribution is -0.122. The van der Waals surface area contributed by atoms with Gasteiger partial charge in [0.05, 0.1) is 17.8 Å². The number of hydrogen-bond acceptors (Lipinski definition) is 5. The van der Waals surface area contributed by atoms with Gasteiger partial charge >= 0.3 is 0 Å². The van der Waals surface area contributed by atoms with Crippen molar-refractivity contribution in [3.8, 4) is 5.69 Å². The van der Waals surface area contributed by atoms with Gasteiger partial charge < -0.3 is 9.84 Å². The minimum Gasteiger partial charge on any atom is -0.343 e. The highest BCUT2D eigenvalue weighted by Gasteiger charge is 2.41. The van der Waals surface area contributed by atoms with Crippen LogP contribution in [0.3, 0.4) is 0 Å². The maximum Gasteiger partial charge on any atom is 0.225 e. The lowest BCUT2D eigenvalue weighted by atomic mass is 9.95. The highest BCUT2D eigenvalue weighted by molar-refractivity contribution is 5.80. The number of aryl methyl sites for hydroxylation is 2. The molecule has 3 aromatic rings. The van der Waals surface area contributed by atoms with Crippen LogP contribution in [0, 0.1) is 20.8 Å². The molecule has 146 valence electrons. The van der Waals surface area contributed by atoms with Gasteiger partial charge in [-0.2, -0.15) is 10.1 Å². The fourth-order valence-electron chi connectivity index (χ4n) is 4.10. The van der Waals surface area contributed by atoms with Gasteiger partial charge in [0.15, 0.2) is 5.82 Å². The molecular formula is C21H25N5O2. The average Bonchev–Trinajstić information content (AvgIpc) is 3.39. The molecule has 0 aliphatic heterocycles. The average molecular weight is 379 g/mol. The number of hydrogen-bond donors (Lipinski definition) is 1. The van der Waals surface area contributed by atoms with Gasteiger partial charge in [-0.05, 0) is 38.8 Å². The van der Waals surface area contributed by atoms with Crippen LogP contribution < -0.4 is 5.32 Å². The molecule has 1 aliphatic carbocycles. The summed E-state index contributed by atoms with van der Waals surface area (Å²) in [4.78, 5) is 17.4. The van der Waals surface area contributed by atoms with Gasteiger partial charge in [0.2, 0.25) is 11.8 Å². The molecule has 7 nitrogen and oxygen atoms in total. The summed E-state index contributed by atoms with van der Waals surface area (Å²) in [6.07, 6.45) is 4.02. The van der Waals surface area contributed by atoms with Crippen LogP contribution in [0.4, 0.5) is 0 Å². The number of nitrogens with one attached hydrogen (secondary N) is 1. The smallest absolute Gasteiger partial charge is 0.225 e. The third kappa shape index (κ3) is 3.32. The van der Waals surface area contributed by atoms with Crippen molar-refractivity contribution in [1.82, 2.24) is 25.2 Å². The zero-order valence-corrected chi connectivity index (χ0v) is 16.5. The molecule has 2 aromatic heterocycles. The molecule has 0 saturated heterocycles. The molecule has 4 rings (SSSR count). The van der Waals surface area contributed by atoms with E-state index in [2.05, 4.69) is 20.6 Å². The van der Waals surface area contributed by atoms with Gasteiger partial charge in [0.25, 0.3) is 0 Å². The quantitative estimate of drug-likeness (QED) is 0.735. The van der Waals surface area contributed by atoms with Crippen LogP contribution in [0.25, 0.3) is 5.69 Å². The second kappa shape index (κ2) is 7.22. The zero-order valence-electron chi connectivity index (χ0n) is 16.5. The zero-order chi connectivity index (χ0) is 19.7. The van der Waals surface area contributed by atoms with Gasteiger partial charge in [-0.3, -0.25) is 4.79 Å². The fourth-order valence-corrected chi connectivity index (χ4v) is 4.10. The van der Waals surface area contributed by atoms with Crippen molar-refractivity contribution in [1.29, 1.82) is 0 Å². The van der Waals surface area contributed by atoms with Crippen LogP contribution in [-0.2, 0) is 16.8 Å². The summed E-state index contributed by atoms with van der Waals surface area (Å²) in [6, 6.07) is 9.96. The Morgan fingerprint density at radius 3 is 2.54 bits per heavy atom. The normalized spacial score (nSPS) is 15.7. The van der Waals surface area contributed by atoms with Crippen LogP contribution in [0.2, 0.25) is 0 Å². The number of para-hydroxylation sites is 1. The van der Waals surface area contributed by atoms with E-state index in [9.17, 15) is 4.79 Å². The number of aromatic nitrogens is 4. The molecule has 1 N–H and O–H groups in total. The summed E-state index contributed by atoms with van der Waals surface area (Å²) >= 11 is 0. The van der Waals surface area contributed by atoms with Crippen molar-refractivity contribution in [3.63, 3.8) is 0 Å². The van der Waals surface area contributed by atoms with Crippen molar-refractivity contribution in [2.24, 2.45) is 0 Å². The number of nitrogens with zero attached hydrogens (tertiary/aromatic N) is 4. The van der Waals surface area contributed by atoms with E-state index in [4.69, 9.17) is 4.52 Å². The number of carbonyl (C=O) groups excluding carboxylic acids is 1. The van der Waals surface area contributed by atoms with Crippen LogP contribution in [0.1, 0.15) is 54.3 Å². The molecule has 28 heavy (non-hydrogen) atoms. The first kappa shape index (κ1) is 18.4. The second-order valence-electron chi connectivity index (χ2n) is 7.55. The molecule has 0 atom stereocenters. The van der Waals surface area contributed by atoms with Crippen LogP contribution in [0.15, 0.2) is 34.9 Å². The predicted molar refractivity (Wildman–Crippen MR) is 104 cm³/mol. The summed E-state index contributed by atoms with van der Waals surface area (Å²) in [5, 5.41) is 11.9. The summed E-state index contributed by atoms with van der Waals surface area (Å²) in [7, 11) is 0. The number of amides is 1. The Kier molecular flexibility index (Phi) is 4.75. The number of benzene rings is 1. The third-order valence-corrected chi connectivity index (χ3v) is 5.57. The van der Waals surface area contributed by atoms with E-state index in [-0.39, 0.29) is 12.3 Å². The summed E-state index contributed by atoms with van der Waals surface area (Å²) in [5.74, 6) is 1.07. The molecule has 1 saturated carbocycles. The van der Waals surface area contributed by atoms with E-state index >= 15 is 0 Å². The first-order chi connectivity index (χ1) is 13.5. The first-order valence-electron chi connectivity index (χ1n) is 9.71. The fraction of sp³-hybridized carbons (Fsp3) is 0.429. The molecule has 2 heterocycles. The van der Waals surface area contributed by atoms with Crippen molar-refractivity contribution in [2.75, 3.05) is 0 Å². The van der Waals surface area contributed by atoms with E-state index in [1.807, 2.05) is 48.9 Å². The summed E-state index contributed by atoms with van der Waals surface area (Å²) in [5.41, 5.74) is 3.27. The third-order valence-electron chi connectivity index (χ3n) is 5.57. The van der Waals surface area contributed by atoms with E-state index in [0.717, 1.165) is 48.3 Å². The Bertz CT molecular complexity index is 984. The van der Waals surface area contributed by atoms with E-state index < -0.39 is 5.54 Å². The maximum absolute atomic E-state index is 13.0. The van der Waals surface area contributed by atoms with Crippen molar-refractivity contribution in [2.45, 2.75) is 58.4 Å². The Hall–Kier alpha value is -2.96.